The minimum Gasteiger partial charge on any atom is -0.458 e. The van der Waals surface area contributed by atoms with E-state index in [-0.39, 0.29) is 47.7 Å². The first-order valence-electron chi connectivity index (χ1n) is 27.2. The molecule has 25 heteroatoms. The van der Waals surface area contributed by atoms with Gasteiger partial charge in [-0.2, -0.15) is 0 Å². The maximum Gasteiger partial charge on any atom is 0.336 e. The summed E-state index contributed by atoms with van der Waals surface area (Å²) in [5.41, 5.74) is 1.32. The van der Waals surface area contributed by atoms with Crippen LogP contribution in [0.2, 0.25) is 0 Å². The van der Waals surface area contributed by atoms with Crippen molar-refractivity contribution in [2.75, 3.05) is 33.0 Å². The van der Waals surface area contributed by atoms with Crippen LogP contribution >= 0.6 is 0 Å². The van der Waals surface area contributed by atoms with Gasteiger partial charge < -0.3 is 119 Å². The highest BCUT2D eigenvalue weighted by Gasteiger charge is 2.62. The first-order valence-corrected chi connectivity index (χ1v) is 27.2. The van der Waals surface area contributed by atoms with Crippen molar-refractivity contribution >= 4 is 5.97 Å². The van der Waals surface area contributed by atoms with Crippen LogP contribution in [-0.4, -0.2) is 257 Å². The summed E-state index contributed by atoms with van der Waals surface area (Å²) in [6.07, 6.45) is -25.7. The number of cyclic esters (lactones) is 1. The maximum absolute atomic E-state index is 13.8. The van der Waals surface area contributed by atoms with Gasteiger partial charge in [-0.15, -0.1) is 0 Å². The van der Waals surface area contributed by atoms with E-state index in [9.17, 15) is 81.4 Å². The number of aliphatic hydroxyl groups is 15. The van der Waals surface area contributed by atoms with Gasteiger partial charge in [0.05, 0.1) is 50.8 Å². The number of esters is 1. The van der Waals surface area contributed by atoms with E-state index in [4.69, 9.17) is 42.6 Å². The molecule has 30 atom stereocenters. The van der Waals surface area contributed by atoms with Crippen LogP contribution < -0.4 is 0 Å². The number of ether oxygens (including phenoxy) is 9. The highest BCUT2D eigenvalue weighted by molar-refractivity contribution is 5.90. The summed E-state index contributed by atoms with van der Waals surface area (Å²) < 4.78 is 51.8. The number of aliphatic hydroxyl groups excluding tert-OH is 15. The quantitative estimate of drug-likeness (QED) is 0.0542. The maximum atomic E-state index is 13.8. The van der Waals surface area contributed by atoms with Crippen molar-refractivity contribution in [2.24, 2.45) is 40.4 Å². The Labute approximate surface area is 445 Å². The number of hydrogen-bond donors (Lipinski definition) is 15. The highest BCUT2D eigenvalue weighted by atomic mass is 16.7. The second-order valence-corrected chi connectivity index (χ2v) is 23.7. The second-order valence-electron chi connectivity index (χ2n) is 23.7. The molecule has 0 aromatic heterocycles. The molecule has 9 aliphatic rings. The van der Waals surface area contributed by atoms with Crippen molar-refractivity contribution in [3.63, 3.8) is 0 Å². The molecule has 4 aliphatic carbocycles. The number of carbonyl (C=O) groups is 1. The van der Waals surface area contributed by atoms with E-state index >= 15 is 0 Å². The molecular weight excluding hydrogens is 1020 g/mol. The van der Waals surface area contributed by atoms with Crippen LogP contribution in [0.3, 0.4) is 0 Å². The standard InChI is InChI=1S/C52H82O25/c1-19-11-28(73-46(68)24(19)16-69-47-44(66)40(62)36(58)31(76-47)17-70-48-42(64)38(60)34(56)29(14-53)74-48)20(2)25-7-8-26-23-6-5-21-12-22(13-33(55)52(21,4)27(23)9-10-51(25,26)3)72-50-45(67)41(63)37(59)32(77-50)18-71-49-43(65)39(61)35(57)30(15-54)75-49/h5,20,22-23,25-45,47-50,53-67H,6-18H2,1-4H3. The molecule has 0 aromatic rings. The van der Waals surface area contributed by atoms with Crippen molar-refractivity contribution < 1.29 is 124 Å². The summed E-state index contributed by atoms with van der Waals surface area (Å²) in [5, 5.41) is 157. The molecular formula is C52H82O25. The zero-order valence-electron chi connectivity index (χ0n) is 43.7. The normalized spacial score (nSPS) is 51.8. The Hall–Kier alpha value is -1.97. The van der Waals surface area contributed by atoms with E-state index in [1.807, 2.05) is 6.92 Å². The Morgan fingerprint density at radius 1 is 0.610 bits per heavy atom. The highest BCUT2D eigenvalue weighted by Crippen LogP contribution is 2.67. The molecule has 0 amide bonds. The first kappa shape index (κ1) is 59.6. The van der Waals surface area contributed by atoms with Crippen molar-refractivity contribution in [1.82, 2.24) is 0 Å². The molecule has 4 saturated heterocycles. The summed E-state index contributed by atoms with van der Waals surface area (Å²) >= 11 is 0. The third kappa shape index (κ3) is 11.0. The summed E-state index contributed by atoms with van der Waals surface area (Å²) in [7, 11) is 0. The number of rotatable bonds is 15. The van der Waals surface area contributed by atoms with Crippen LogP contribution in [0.25, 0.3) is 0 Å². The molecule has 3 saturated carbocycles. The van der Waals surface area contributed by atoms with E-state index in [0.29, 0.717) is 18.8 Å². The second kappa shape index (κ2) is 23.7. The lowest BCUT2D eigenvalue weighted by Crippen LogP contribution is -2.62. The van der Waals surface area contributed by atoms with Gasteiger partial charge in [0, 0.05) is 18.3 Å². The van der Waals surface area contributed by atoms with E-state index in [2.05, 4.69) is 26.8 Å². The molecule has 0 bridgehead atoms. The van der Waals surface area contributed by atoms with Gasteiger partial charge in [0.1, 0.15) is 104 Å². The Morgan fingerprint density at radius 3 is 1.64 bits per heavy atom. The molecule has 440 valence electrons. The van der Waals surface area contributed by atoms with Gasteiger partial charge in [-0.1, -0.05) is 38.0 Å². The fraction of sp³-hybridized carbons (Fsp3) is 0.904. The van der Waals surface area contributed by atoms with Crippen molar-refractivity contribution in [2.45, 2.75) is 220 Å². The van der Waals surface area contributed by atoms with E-state index in [0.717, 1.165) is 43.3 Å². The zero-order valence-corrected chi connectivity index (χ0v) is 43.7. The van der Waals surface area contributed by atoms with Gasteiger partial charge in [0.15, 0.2) is 25.2 Å². The first-order chi connectivity index (χ1) is 36.4. The van der Waals surface area contributed by atoms with Crippen molar-refractivity contribution in [3.8, 4) is 0 Å². The molecule has 15 N–H and O–H groups in total. The Bertz CT molecular complexity index is 2100. The lowest BCUT2D eigenvalue weighted by atomic mass is 9.46. The van der Waals surface area contributed by atoms with Gasteiger partial charge in [0.25, 0.3) is 0 Å². The minimum absolute atomic E-state index is 0.0214. The molecule has 30 unspecified atom stereocenters. The van der Waals surface area contributed by atoms with Crippen LogP contribution in [0.5, 0.6) is 0 Å². The average Bonchev–Trinajstić information content (AvgIpc) is 4.06. The van der Waals surface area contributed by atoms with Crippen LogP contribution in [-0.2, 0) is 47.4 Å². The third-order valence-corrected chi connectivity index (χ3v) is 19.6. The van der Waals surface area contributed by atoms with Gasteiger partial charge in [0.2, 0.25) is 0 Å². The summed E-state index contributed by atoms with van der Waals surface area (Å²) in [6.45, 7) is 5.66. The van der Waals surface area contributed by atoms with Gasteiger partial charge in [-0.25, -0.2) is 4.79 Å². The molecule has 9 rings (SSSR count). The van der Waals surface area contributed by atoms with E-state index < -0.39 is 179 Å². The molecule has 5 heterocycles. The van der Waals surface area contributed by atoms with Crippen LogP contribution in [0.1, 0.15) is 79.1 Å². The molecule has 7 fully saturated rings. The van der Waals surface area contributed by atoms with Gasteiger partial charge in [-0.05, 0) is 80.5 Å². The summed E-state index contributed by atoms with van der Waals surface area (Å²) in [5.74, 6) is 0.357. The number of hydrogen-bond acceptors (Lipinski definition) is 25. The fourth-order valence-corrected chi connectivity index (χ4v) is 14.8. The van der Waals surface area contributed by atoms with Crippen LogP contribution in [0.15, 0.2) is 22.8 Å². The lowest BCUT2D eigenvalue weighted by Gasteiger charge is -2.60. The number of carbonyl (C=O) groups excluding carboxylic acids is 1. The zero-order chi connectivity index (χ0) is 55.7. The van der Waals surface area contributed by atoms with Crippen molar-refractivity contribution in [1.29, 1.82) is 0 Å². The summed E-state index contributed by atoms with van der Waals surface area (Å²) in [6, 6.07) is 0. The Balaban J connectivity index is 0.790. The minimum atomic E-state index is -1.77. The molecule has 5 aliphatic heterocycles. The molecule has 25 nitrogen and oxygen atoms in total. The number of fused-ring (bicyclic) bond motifs is 5. The van der Waals surface area contributed by atoms with Crippen molar-refractivity contribution in [3.05, 3.63) is 22.8 Å². The van der Waals surface area contributed by atoms with Crippen LogP contribution in [0.4, 0.5) is 0 Å². The summed E-state index contributed by atoms with van der Waals surface area (Å²) in [4.78, 5) is 13.8. The molecule has 0 spiro atoms. The molecule has 77 heavy (non-hydrogen) atoms. The Morgan fingerprint density at radius 2 is 1.10 bits per heavy atom. The molecule has 0 aromatic carbocycles. The SMILES string of the molecule is CC1=C(COC2OC(COC3OC(CO)C(O)C(O)C3O)C(O)C(O)C2O)C(=O)OC(C(C)C2CCC3C4CC=C5CC(OC6OC(COC7OC(CO)C(O)C(O)C7O)C(O)C(O)C6O)CC(O)C5(C)C4CCC23C)C1. The largest absolute Gasteiger partial charge is 0.458 e. The monoisotopic (exact) mass is 1110 g/mol. The third-order valence-electron chi connectivity index (χ3n) is 19.6. The smallest absolute Gasteiger partial charge is 0.336 e. The Kier molecular flexibility index (Phi) is 18.4. The topological polar surface area (TPSA) is 404 Å². The number of allylic oxidation sites excluding steroid dienone is 1. The molecule has 0 radical (unpaired) electrons. The lowest BCUT2D eigenvalue weighted by molar-refractivity contribution is -0.337. The van der Waals surface area contributed by atoms with Gasteiger partial charge >= 0.3 is 5.97 Å². The van der Waals surface area contributed by atoms with E-state index in [1.54, 1.807) is 0 Å². The predicted molar refractivity (Wildman–Crippen MR) is 257 cm³/mol. The predicted octanol–water partition coefficient (Wildman–Crippen LogP) is -4.55. The van der Waals surface area contributed by atoms with Crippen LogP contribution in [0, 0.1) is 40.4 Å². The van der Waals surface area contributed by atoms with Gasteiger partial charge in [-0.3, -0.25) is 0 Å². The van der Waals surface area contributed by atoms with E-state index in [1.165, 1.54) is 0 Å². The average molecular weight is 1110 g/mol. The fourth-order valence-electron chi connectivity index (χ4n) is 14.8.